The van der Waals surface area contributed by atoms with Crippen molar-refractivity contribution in [3.63, 3.8) is 0 Å². The van der Waals surface area contributed by atoms with E-state index in [2.05, 4.69) is 269 Å². The summed E-state index contributed by atoms with van der Waals surface area (Å²) in [5, 5.41) is 0. The molecule has 10 aromatic carbocycles. The molecule has 0 N–H and O–H groups in total. The van der Waals surface area contributed by atoms with Crippen LogP contribution in [0.25, 0.3) is 77.9 Å². The minimum atomic E-state index is -0.109. The van der Waals surface area contributed by atoms with Gasteiger partial charge in [0, 0.05) is 27.8 Å². The fourth-order valence-corrected chi connectivity index (χ4v) is 11.4. The Morgan fingerprint density at radius 2 is 0.687 bits per heavy atom. The standard InChI is InChI=1S/C66H51N/c1-65(2)60-29-13-10-25-56(60)58-41-36-47(43-62(58)65)44-32-37-50(38-33-44)67(51-39-34-46(35-40-51)55-27-17-28-59-57-26-11-14-30-61(57)66(3,4)64(55)59)63-31-15-12-24-54(63)49-21-16-20-48(42-49)53-23-9-8-22-52(53)45-18-6-5-7-19-45/h5-43H,1-4H3. The molecule has 320 valence electrons. The van der Waals surface area contributed by atoms with Gasteiger partial charge in [0.1, 0.15) is 0 Å². The maximum absolute atomic E-state index is 2.44. The van der Waals surface area contributed by atoms with Crippen LogP contribution in [0.2, 0.25) is 0 Å². The Kier molecular flexibility index (Phi) is 9.59. The highest BCUT2D eigenvalue weighted by molar-refractivity contribution is 5.93. The molecule has 0 saturated heterocycles. The van der Waals surface area contributed by atoms with Crippen molar-refractivity contribution in [2.24, 2.45) is 0 Å². The first-order chi connectivity index (χ1) is 32.8. The van der Waals surface area contributed by atoms with Crippen molar-refractivity contribution in [3.8, 4) is 77.9 Å². The van der Waals surface area contributed by atoms with Gasteiger partial charge in [-0.05, 0) is 137 Å². The van der Waals surface area contributed by atoms with Crippen molar-refractivity contribution >= 4 is 17.1 Å². The van der Waals surface area contributed by atoms with E-state index in [0.717, 1.165) is 28.2 Å². The van der Waals surface area contributed by atoms with E-state index in [1.807, 2.05) is 0 Å². The van der Waals surface area contributed by atoms with Crippen molar-refractivity contribution in [2.45, 2.75) is 38.5 Å². The van der Waals surface area contributed by atoms with Crippen LogP contribution in [-0.4, -0.2) is 0 Å². The Bertz CT molecular complexity index is 3500. The van der Waals surface area contributed by atoms with Crippen molar-refractivity contribution in [3.05, 3.63) is 259 Å². The summed E-state index contributed by atoms with van der Waals surface area (Å²) < 4.78 is 0. The van der Waals surface area contributed by atoms with Gasteiger partial charge in [0.05, 0.1) is 5.69 Å². The van der Waals surface area contributed by atoms with E-state index in [1.54, 1.807) is 0 Å². The summed E-state index contributed by atoms with van der Waals surface area (Å²) in [7, 11) is 0. The minimum absolute atomic E-state index is 0.0605. The van der Waals surface area contributed by atoms with Crippen LogP contribution in [0.1, 0.15) is 49.9 Å². The molecule has 0 spiro atoms. The van der Waals surface area contributed by atoms with Crippen LogP contribution in [0.5, 0.6) is 0 Å². The number of para-hydroxylation sites is 1. The van der Waals surface area contributed by atoms with Gasteiger partial charge in [-0.15, -0.1) is 0 Å². The molecule has 0 fully saturated rings. The number of rotatable bonds is 8. The number of nitrogens with zero attached hydrogens (tertiary/aromatic N) is 1. The van der Waals surface area contributed by atoms with Crippen molar-refractivity contribution in [1.82, 2.24) is 0 Å². The second-order valence-electron chi connectivity index (χ2n) is 19.3. The largest absolute Gasteiger partial charge is 0.310 e. The molecule has 0 atom stereocenters. The van der Waals surface area contributed by atoms with E-state index < -0.39 is 0 Å². The molecule has 12 rings (SSSR count). The second kappa shape index (κ2) is 15.9. The van der Waals surface area contributed by atoms with Gasteiger partial charge in [0.2, 0.25) is 0 Å². The van der Waals surface area contributed by atoms with Crippen LogP contribution in [0, 0.1) is 0 Å². The third-order valence-electron chi connectivity index (χ3n) is 14.7. The van der Waals surface area contributed by atoms with E-state index in [-0.39, 0.29) is 10.8 Å². The monoisotopic (exact) mass is 857 g/mol. The number of anilines is 3. The predicted octanol–water partition coefficient (Wildman–Crippen LogP) is 18.1. The zero-order valence-electron chi connectivity index (χ0n) is 38.5. The molecular weight excluding hydrogens is 807 g/mol. The average Bonchev–Trinajstić information content (AvgIpc) is 3.76. The van der Waals surface area contributed by atoms with Crippen LogP contribution < -0.4 is 4.90 Å². The van der Waals surface area contributed by atoms with Gasteiger partial charge in [0.25, 0.3) is 0 Å². The van der Waals surface area contributed by atoms with Crippen molar-refractivity contribution < 1.29 is 0 Å². The molecule has 0 bridgehead atoms. The van der Waals surface area contributed by atoms with Crippen molar-refractivity contribution in [1.29, 1.82) is 0 Å². The van der Waals surface area contributed by atoms with Gasteiger partial charge in [-0.2, -0.15) is 0 Å². The van der Waals surface area contributed by atoms with E-state index in [4.69, 9.17) is 0 Å². The van der Waals surface area contributed by atoms with Gasteiger partial charge in [0.15, 0.2) is 0 Å². The predicted molar refractivity (Wildman–Crippen MR) is 283 cm³/mol. The molecule has 2 aliphatic rings. The summed E-state index contributed by atoms with van der Waals surface area (Å²) in [4.78, 5) is 2.44. The van der Waals surface area contributed by atoms with Crippen LogP contribution in [0.4, 0.5) is 17.1 Å². The van der Waals surface area contributed by atoms with Crippen LogP contribution in [0.3, 0.4) is 0 Å². The Morgan fingerprint density at radius 1 is 0.254 bits per heavy atom. The lowest BCUT2D eigenvalue weighted by Gasteiger charge is -2.29. The van der Waals surface area contributed by atoms with E-state index in [0.29, 0.717) is 0 Å². The minimum Gasteiger partial charge on any atom is -0.310 e. The zero-order chi connectivity index (χ0) is 45.3. The maximum atomic E-state index is 2.44. The zero-order valence-corrected chi connectivity index (χ0v) is 38.5. The first-order valence-electron chi connectivity index (χ1n) is 23.6. The van der Waals surface area contributed by atoms with Gasteiger partial charge in [-0.3, -0.25) is 0 Å². The number of fused-ring (bicyclic) bond motifs is 6. The van der Waals surface area contributed by atoms with Crippen molar-refractivity contribution in [2.75, 3.05) is 4.90 Å². The summed E-state index contributed by atoms with van der Waals surface area (Å²) in [6, 6.07) is 87.4. The van der Waals surface area contributed by atoms with Gasteiger partial charge in [-0.25, -0.2) is 0 Å². The van der Waals surface area contributed by atoms with E-state index in [1.165, 1.54) is 89.0 Å². The first kappa shape index (κ1) is 40.5. The molecule has 0 aromatic heterocycles. The summed E-state index contributed by atoms with van der Waals surface area (Å²) in [5.74, 6) is 0. The first-order valence-corrected chi connectivity index (χ1v) is 23.6. The molecule has 0 radical (unpaired) electrons. The normalized spacial score (nSPS) is 13.6. The highest BCUT2D eigenvalue weighted by Gasteiger charge is 2.38. The molecule has 10 aromatic rings. The molecule has 2 aliphatic carbocycles. The Hall–Kier alpha value is -8.00. The molecular formula is C66H51N. The molecule has 0 amide bonds. The molecule has 0 heterocycles. The second-order valence-corrected chi connectivity index (χ2v) is 19.3. The Labute approximate surface area is 395 Å². The van der Waals surface area contributed by atoms with E-state index in [9.17, 15) is 0 Å². The molecule has 1 nitrogen and oxygen atoms in total. The SMILES string of the molecule is CC1(C)c2ccccc2-c2ccc(-c3ccc(N(c4ccc(-c5cccc6c5C(C)(C)c5ccccc5-6)cc4)c4ccccc4-c4cccc(-c5ccccc5-c5ccccc5)c4)cc3)cc21. The average molecular weight is 858 g/mol. The van der Waals surface area contributed by atoms with Gasteiger partial charge >= 0.3 is 0 Å². The van der Waals surface area contributed by atoms with Gasteiger partial charge < -0.3 is 4.90 Å². The smallest absolute Gasteiger partial charge is 0.0540 e. The fraction of sp³-hybridized carbons (Fsp3) is 0.0909. The molecule has 67 heavy (non-hydrogen) atoms. The summed E-state index contributed by atoms with van der Waals surface area (Å²) in [6.45, 7) is 9.45. The molecule has 0 unspecified atom stereocenters. The number of hydrogen-bond donors (Lipinski definition) is 0. The van der Waals surface area contributed by atoms with Crippen LogP contribution in [-0.2, 0) is 10.8 Å². The lowest BCUT2D eigenvalue weighted by molar-refractivity contribution is 0.660. The fourth-order valence-electron chi connectivity index (χ4n) is 11.4. The Morgan fingerprint density at radius 3 is 1.37 bits per heavy atom. The number of benzene rings is 10. The van der Waals surface area contributed by atoms with Crippen LogP contribution in [0.15, 0.2) is 237 Å². The van der Waals surface area contributed by atoms with E-state index >= 15 is 0 Å². The molecule has 0 aliphatic heterocycles. The summed E-state index contributed by atoms with van der Waals surface area (Å²) in [5.41, 5.74) is 26.2. The van der Waals surface area contributed by atoms with Crippen LogP contribution >= 0.6 is 0 Å². The third kappa shape index (κ3) is 6.68. The topological polar surface area (TPSA) is 3.24 Å². The highest BCUT2D eigenvalue weighted by atomic mass is 15.1. The maximum Gasteiger partial charge on any atom is 0.0540 e. The number of hydrogen-bond acceptors (Lipinski definition) is 1. The lowest BCUT2D eigenvalue weighted by Crippen LogP contribution is -2.16. The molecule has 0 saturated carbocycles. The summed E-state index contributed by atoms with van der Waals surface area (Å²) in [6.07, 6.45) is 0. The highest BCUT2D eigenvalue weighted by Crippen LogP contribution is 2.53. The van der Waals surface area contributed by atoms with Gasteiger partial charge in [-0.1, -0.05) is 222 Å². The lowest BCUT2D eigenvalue weighted by atomic mass is 9.79. The summed E-state index contributed by atoms with van der Waals surface area (Å²) >= 11 is 0. The third-order valence-corrected chi connectivity index (χ3v) is 14.7. The Balaban J connectivity index is 0.967. The molecule has 1 heteroatoms. The quantitative estimate of drug-likeness (QED) is 0.147.